The summed E-state index contributed by atoms with van der Waals surface area (Å²) < 4.78 is 10.7. The van der Waals surface area contributed by atoms with Gasteiger partial charge in [-0.25, -0.2) is 0 Å². The highest BCUT2D eigenvalue weighted by Crippen LogP contribution is 2.28. The van der Waals surface area contributed by atoms with Crippen molar-refractivity contribution < 1.29 is 9.47 Å². The van der Waals surface area contributed by atoms with E-state index in [1.165, 1.54) is 32.1 Å². The molecule has 0 amide bonds. The van der Waals surface area contributed by atoms with Crippen molar-refractivity contribution in [3.05, 3.63) is 0 Å². The van der Waals surface area contributed by atoms with E-state index in [4.69, 9.17) is 15.2 Å². The minimum absolute atomic E-state index is 0.0437. The Morgan fingerprint density at radius 1 is 1.00 bits per heavy atom. The van der Waals surface area contributed by atoms with Gasteiger partial charge in [0.05, 0.1) is 25.4 Å². The topological polar surface area (TPSA) is 54.3 Å². The van der Waals surface area contributed by atoms with Crippen LogP contribution in [0.4, 0.5) is 0 Å². The molecule has 3 fully saturated rings. The second-order valence-corrected chi connectivity index (χ2v) is 6.03. The first-order chi connectivity index (χ1) is 8.23. The summed E-state index contributed by atoms with van der Waals surface area (Å²) >= 11 is 0. The van der Waals surface area contributed by atoms with Crippen molar-refractivity contribution in [2.24, 2.45) is 5.73 Å². The van der Waals surface area contributed by atoms with Gasteiger partial charge >= 0.3 is 0 Å². The maximum atomic E-state index is 6.53. The molecule has 0 radical (unpaired) electrons. The van der Waals surface area contributed by atoms with Gasteiger partial charge in [-0.15, -0.1) is 0 Å². The van der Waals surface area contributed by atoms with Crippen LogP contribution in [0, 0.1) is 0 Å². The van der Waals surface area contributed by atoms with Crippen molar-refractivity contribution in [3.8, 4) is 0 Å². The van der Waals surface area contributed by atoms with Gasteiger partial charge < -0.3 is 15.2 Å². The lowest BCUT2D eigenvalue weighted by Gasteiger charge is -2.38. The zero-order chi connectivity index (χ0) is 11.7. The molecular formula is C13H24N2O2. The molecule has 4 nitrogen and oxygen atoms in total. The van der Waals surface area contributed by atoms with Crippen LogP contribution in [0.25, 0.3) is 0 Å². The van der Waals surface area contributed by atoms with Crippen LogP contribution >= 0.6 is 0 Å². The van der Waals surface area contributed by atoms with E-state index in [2.05, 4.69) is 4.90 Å². The molecule has 2 aliphatic heterocycles. The molecule has 17 heavy (non-hydrogen) atoms. The van der Waals surface area contributed by atoms with Crippen LogP contribution in [0.2, 0.25) is 0 Å². The van der Waals surface area contributed by atoms with Crippen LogP contribution < -0.4 is 5.73 Å². The Morgan fingerprint density at radius 2 is 1.53 bits per heavy atom. The predicted octanol–water partition coefficient (Wildman–Crippen LogP) is 0.748. The Morgan fingerprint density at radius 3 is 2.00 bits per heavy atom. The Bertz CT molecular complexity index is 244. The molecule has 0 aromatic carbocycles. The van der Waals surface area contributed by atoms with Gasteiger partial charge in [0, 0.05) is 25.2 Å². The summed E-state index contributed by atoms with van der Waals surface area (Å²) in [7, 11) is 0. The maximum absolute atomic E-state index is 6.53. The highest BCUT2D eigenvalue weighted by molar-refractivity contribution is 4.92. The minimum atomic E-state index is 0.0437. The van der Waals surface area contributed by atoms with Crippen molar-refractivity contribution in [1.29, 1.82) is 0 Å². The molecule has 3 aliphatic rings. The van der Waals surface area contributed by atoms with Gasteiger partial charge in [0.25, 0.3) is 0 Å². The summed E-state index contributed by atoms with van der Waals surface area (Å²) in [6.45, 7) is 4.96. The first-order valence-corrected chi connectivity index (χ1v) is 6.98. The molecule has 2 N–H and O–H groups in total. The van der Waals surface area contributed by atoms with Crippen molar-refractivity contribution in [2.45, 2.75) is 49.9 Å². The normalized spacial score (nSPS) is 34.9. The van der Waals surface area contributed by atoms with Crippen LogP contribution in [0.15, 0.2) is 0 Å². The summed E-state index contributed by atoms with van der Waals surface area (Å²) in [4.78, 5) is 2.47. The van der Waals surface area contributed by atoms with E-state index in [-0.39, 0.29) is 5.54 Å². The zero-order valence-electron chi connectivity index (χ0n) is 10.6. The van der Waals surface area contributed by atoms with E-state index in [0.29, 0.717) is 12.2 Å². The summed E-state index contributed by atoms with van der Waals surface area (Å²) in [6.07, 6.45) is 7.23. The van der Waals surface area contributed by atoms with Crippen LogP contribution in [0.3, 0.4) is 0 Å². The van der Waals surface area contributed by atoms with Gasteiger partial charge in [0.1, 0.15) is 0 Å². The Hall–Kier alpha value is -0.160. The van der Waals surface area contributed by atoms with E-state index >= 15 is 0 Å². The number of nitrogens with zero attached hydrogens (tertiary/aromatic N) is 1. The van der Waals surface area contributed by atoms with Gasteiger partial charge in [-0.2, -0.15) is 0 Å². The fourth-order valence-electron chi connectivity index (χ4n) is 2.99. The van der Waals surface area contributed by atoms with Gasteiger partial charge in [-0.1, -0.05) is 19.3 Å². The smallest absolute Gasteiger partial charge is 0.0936 e. The maximum Gasteiger partial charge on any atom is 0.0936 e. The molecule has 0 aromatic heterocycles. The summed E-state index contributed by atoms with van der Waals surface area (Å²) in [5.41, 5.74) is 6.57. The van der Waals surface area contributed by atoms with Crippen molar-refractivity contribution >= 4 is 0 Å². The highest BCUT2D eigenvalue weighted by atomic mass is 16.6. The van der Waals surface area contributed by atoms with Gasteiger partial charge in [-0.3, -0.25) is 4.90 Å². The molecule has 2 unspecified atom stereocenters. The van der Waals surface area contributed by atoms with Gasteiger partial charge in [0.15, 0.2) is 0 Å². The fraction of sp³-hybridized carbons (Fsp3) is 1.00. The number of rotatable bonds is 6. The van der Waals surface area contributed by atoms with E-state index in [0.717, 1.165) is 32.8 Å². The Labute approximate surface area is 103 Å². The SMILES string of the molecule is NC1(CN(CC2CO2)CC2CO2)CCCCC1. The standard InChI is InChI=1S/C13H24N2O2/c14-13(4-2-1-3-5-13)10-15(6-11-8-16-11)7-12-9-17-12/h11-12H,1-10,14H2. The average molecular weight is 240 g/mol. The third-order valence-electron chi connectivity index (χ3n) is 4.12. The molecule has 0 spiro atoms. The number of ether oxygens (including phenoxy) is 2. The van der Waals surface area contributed by atoms with Crippen LogP contribution in [-0.2, 0) is 9.47 Å². The van der Waals surface area contributed by atoms with E-state index in [9.17, 15) is 0 Å². The lowest BCUT2D eigenvalue weighted by molar-refractivity contribution is 0.151. The predicted molar refractivity (Wildman–Crippen MR) is 65.9 cm³/mol. The largest absolute Gasteiger partial charge is 0.372 e. The van der Waals surface area contributed by atoms with Crippen molar-refractivity contribution in [2.75, 3.05) is 32.8 Å². The molecule has 1 saturated carbocycles. The zero-order valence-corrected chi connectivity index (χ0v) is 10.6. The molecule has 2 saturated heterocycles. The first kappa shape index (κ1) is 11.9. The monoisotopic (exact) mass is 240 g/mol. The lowest BCUT2D eigenvalue weighted by atomic mass is 9.82. The Balaban J connectivity index is 1.52. The third kappa shape index (κ3) is 3.65. The third-order valence-corrected chi connectivity index (χ3v) is 4.12. The second-order valence-electron chi connectivity index (χ2n) is 6.03. The molecule has 0 bridgehead atoms. The van der Waals surface area contributed by atoms with E-state index in [1.54, 1.807) is 0 Å². The molecule has 2 atom stereocenters. The minimum Gasteiger partial charge on any atom is -0.372 e. The Kier molecular flexibility index (Phi) is 3.39. The summed E-state index contributed by atoms with van der Waals surface area (Å²) in [5, 5.41) is 0. The molecule has 1 aliphatic carbocycles. The van der Waals surface area contributed by atoms with Gasteiger partial charge in [-0.05, 0) is 12.8 Å². The highest BCUT2D eigenvalue weighted by Gasteiger charge is 2.35. The van der Waals surface area contributed by atoms with Crippen LogP contribution in [-0.4, -0.2) is 55.5 Å². The second kappa shape index (κ2) is 4.84. The van der Waals surface area contributed by atoms with E-state index < -0.39 is 0 Å². The molecule has 4 heteroatoms. The molecule has 0 aromatic rings. The van der Waals surface area contributed by atoms with Crippen molar-refractivity contribution in [1.82, 2.24) is 4.90 Å². The van der Waals surface area contributed by atoms with Crippen molar-refractivity contribution in [3.63, 3.8) is 0 Å². The molecular weight excluding hydrogens is 216 g/mol. The number of hydrogen-bond donors (Lipinski definition) is 1. The van der Waals surface area contributed by atoms with Crippen LogP contribution in [0.1, 0.15) is 32.1 Å². The number of epoxide rings is 2. The van der Waals surface area contributed by atoms with Crippen LogP contribution in [0.5, 0.6) is 0 Å². The fourth-order valence-corrected chi connectivity index (χ4v) is 2.99. The van der Waals surface area contributed by atoms with Gasteiger partial charge in [0.2, 0.25) is 0 Å². The first-order valence-electron chi connectivity index (χ1n) is 6.98. The summed E-state index contributed by atoms with van der Waals surface area (Å²) in [5.74, 6) is 0. The molecule has 98 valence electrons. The number of nitrogens with two attached hydrogens (primary N) is 1. The summed E-state index contributed by atoms with van der Waals surface area (Å²) in [6, 6.07) is 0. The average Bonchev–Trinajstić information content (AvgIpc) is 3.14. The lowest BCUT2D eigenvalue weighted by Crippen LogP contribution is -2.52. The number of hydrogen-bond acceptors (Lipinski definition) is 4. The van der Waals surface area contributed by atoms with E-state index in [1.807, 2.05) is 0 Å². The molecule has 3 rings (SSSR count). The molecule has 2 heterocycles. The quantitative estimate of drug-likeness (QED) is 0.696.